The number of carbonyl (C=O) groups is 2. The van der Waals surface area contributed by atoms with Crippen LogP contribution in [0.3, 0.4) is 0 Å². The summed E-state index contributed by atoms with van der Waals surface area (Å²) in [6, 6.07) is 9.63. The number of esters is 1. The van der Waals surface area contributed by atoms with Gasteiger partial charge in [0.25, 0.3) is 5.91 Å². The van der Waals surface area contributed by atoms with Crippen LogP contribution in [0, 0.1) is 11.6 Å². The first-order valence-corrected chi connectivity index (χ1v) is 8.24. The maximum Gasteiger partial charge on any atom is 0.338 e. The highest BCUT2D eigenvalue weighted by atomic mass is 19.2. The maximum atomic E-state index is 13.1. The number of nitrogens with one attached hydrogen (secondary N) is 1. The topological polar surface area (TPSA) is 73.9 Å². The molecule has 2 aromatic carbocycles. The molecule has 8 heteroatoms. The predicted octanol–water partition coefficient (Wildman–Crippen LogP) is 2.72. The molecule has 0 fully saturated rings. The van der Waals surface area contributed by atoms with Crippen molar-refractivity contribution in [1.82, 2.24) is 5.32 Å². The summed E-state index contributed by atoms with van der Waals surface area (Å²) in [5, 5.41) is 2.51. The first-order valence-electron chi connectivity index (χ1n) is 8.24. The van der Waals surface area contributed by atoms with Gasteiger partial charge >= 0.3 is 5.97 Å². The number of hydrogen-bond donors (Lipinski definition) is 1. The van der Waals surface area contributed by atoms with Crippen molar-refractivity contribution < 1.29 is 32.6 Å². The number of amides is 1. The molecule has 1 amide bonds. The molecule has 0 heterocycles. The van der Waals surface area contributed by atoms with Crippen LogP contribution in [0.5, 0.6) is 11.5 Å². The number of ether oxygens (including phenoxy) is 3. The average molecular weight is 379 g/mol. The van der Waals surface area contributed by atoms with E-state index in [0.29, 0.717) is 18.4 Å². The Morgan fingerprint density at radius 3 is 2.26 bits per heavy atom. The number of halogens is 2. The van der Waals surface area contributed by atoms with Gasteiger partial charge in [-0.1, -0.05) is 0 Å². The van der Waals surface area contributed by atoms with Gasteiger partial charge in [-0.3, -0.25) is 4.79 Å². The highest BCUT2D eigenvalue weighted by Crippen LogP contribution is 2.17. The molecule has 6 nitrogen and oxygen atoms in total. The third-order valence-corrected chi connectivity index (χ3v) is 3.32. The number of hydrogen-bond acceptors (Lipinski definition) is 5. The molecule has 0 atom stereocenters. The molecule has 0 aliphatic heterocycles. The Hall–Kier alpha value is -3.16. The SMILES string of the molecule is CCOc1ccc(OCCNC(=O)COC(=O)c2ccc(F)c(F)c2)cc1. The summed E-state index contributed by atoms with van der Waals surface area (Å²) in [6.45, 7) is 2.35. The monoisotopic (exact) mass is 379 g/mol. The van der Waals surface area contributed by atoms with Gasteiger partial charge in [0.05, 0.1) is 18.7 Å². The quantitative estimate of drug-likeness (QED) is 0.536. The van der Waals surface area contributed by atoms with Gasteiger partial charge in [-0.15, -0.1) is 0 Å². The fourth-order valence-corrected chi connectivity index (χ4v) is 2.05. The van der Waals surface area contributed by atoms with Crippen molar-refractivity contribution in [2.45, 2.75) is 6.92 Å². The molecular formula is C19H19F2NO5. The predicted molar refractivity (Wildman–Crippen MR) is 92.8 cm³/mol. The minimum absolute atomic E-state index is 0.180. The fourth-order valence-electron chi connectivity index (χ4n) is 2.05. The van der Waals surface area contributed by atoms with Gasteiger partial charge in [-0.25, -0.2) is 13.6 Å². The molecule has 0 saturated heterocycles. The minimum atomic E-state index is -1.17. The highest BCUT2D eigenvalue weighted by molar-refractivity contribution is 5.91. The Balaban J connectivity index is 1.65. The van der Waals surface area contributed by atoms with Crippen molar-refractivity contribution in [3.63, 3.8) is 0 Å². The lowest BCUT2D eigenvalue weighted by molar-refractivity contribution is -0.124. The molecule has 0 aliphatic carbocycles. The summed E-state index contributed by atoms with van der Waals surface area (Å²) in [5.41, 5.74) is -0.180. The molecule has 0 spiro atoms. The molecule has 0 aromatic heterocycles. The van der Waals surface area contributed by atoms with Crippen molar-refractivity contribution >= 4 is 11.9 Å². The third kappa shape index (κ3) is 6.58. The van der Waals surface area contributed by atoms with Gasteiger partial charge in [0.1, 0.15) is 18.1 Å². The Bertz CT molecular complexity index is 780. The zero-order valence-electron chi connectivity index (χ0n) is 14.7. The standard InChI is InChI=1S/C19H19F2NO5/c1-2-25-14-4-6-15(7-5-14)26-10-9-22-18(23)12-27-19(24)13-3-8-16(20)17(21)11-13/h3-8,11H,2,9-10,12H2,1H3,(H,22,23). The second kappa shape index (κ2) is 10.1. The van der Waals surface area contributed by atoms with Crippen LogP contribution in [0.1, 0.15) is 17.3 Å². The van der Waals surface area contributed by atoms with Gasteiger partial charge in [0.15, 0.2) is 18.2 Å². The smallest absolute Gasteiger partial charge is 0.338 e. The Morgan fingerprint density at radius 2 is 1.63 bits per heavy atom. The largest absolute Gasteiger partial charge is 0.494 e. The van der Waals surface area contributed by atoms with E-state index >= 15 is 0 Å². The summed E-state index contributed by atoms with van der Waals surface area (Å²) < 4.78 is 41.4. The zero-order chi connectivity index (χ0) is 19.6. The summed E-state index contributed by atoms with van der Waals surface area (Å²) in [6.07, 6.45) is 0. The van der Waals surface area contributed by atoms with E-state index in [-0.39, 0.29) is 18.7 Å². The van der Waals surface area contributed by atoms with E-state index in [1.54, 1.807) is 24.3 Å². The zero-order valence-corrected chi connectivity index (χ0v) is 14.7. The van der Waals surface area contributed by atoms with Crippen LogP contribution in [0.15, 0.2) is 42.5 Å². The maximum absolute atomic E-state index is 13.1. The molecule has 2 rings (SSSR count). The van der Waals surface area contributed by atoms with Crippen LogP contribution in [-0.4, -0.2) is 38.2 Å². The normalized spacial score (nSPS) is 10.2. The summed E-state index contributed by atoms with van der Waals surface area (Å²) >= 11 is 0. The average Bonchev–Trinajstić information content (AvgIpc) is 2.67. The molecule has 144 valence electrons. The number of rotatable bonds is 9. The van der Waals surface area contributed by atoms with Gasteiger partial charge in [0, 0.05) is 0 Å². The number of benzene rings is 2. The second-order valence-electron chi connectivity index (χ2n) is 5.31. The van der Waals surface area contributed by atoms with Crippen LogP contribution in [-0.2, 0) is 9.53 Å². The van der Waals surface area contributed by atoms with Crippen LogP contribution in [0.25, 0.3) is 0 Å². The first-order chi connectivity index (χ1) is 13.0. The van der Waals surface area contributed by atoms with Crippen molar-refractivity contribution in [3.05, 3.63) is 59.7 Å². The third-order valence-electron chi connectivity index (χ3n) is 3.32. The summed E-state index contributed by atoms with van der Waals surface area (Å²) in [7, 11) is 0. The van der Waals surface area contributed by atoms with Crippen LogP contribution >= 0.6 is 0 Å². The van der Waals surface area contributed by atoms with Gasteiger partial charge in [-0.05, 0) is 49.4 Å². The first kappa shape index (κ1) is 20.2. The van der Waals surface area contributed by atoms with Crippen molar-refractivity contribution in [2.24, 2.45) is 0 Å². The molecule has 0 saturated carbocycles. The summed E-state index contributed by atoms with van der Waals surface area (Å²) in [4.78, 5) is 23.3. The molecule has 27 heavy (non-hydrogen) atoms. The van der Waals surface area contributed by atoms with E-state index in [1.807, 2.05) is 6.92 Å². The lowest BCUT2D eigenvalue weighted by Gasteiger charge is -2.09. The minimum Gasteiger partial charge on any atom is -0.494 e. The van der Waals surface area contributed by atoms with E-state index in [2.05, 4.69) is 5.32 Å². The molecule has 0 bridgehead atoms. The lowest BCUT2D eigenvalue weighted by Crippen LogP contribution is -2.32. The van der Waals surface area contributed by atoms with E-state index in [1.165, 1.54) is 0 Å². The molecular weight excluding hydrogens is 360 g/mol. The lowest BCUT2D eigenvalue weighted by atomic mass is 10.2. The van der Waals surface area contributed by atoms with Crippen molar-refractivity contribution in [1.29, 1.82) is 0 Å². The van der Waals surface area contributed by atoms with Crippen LogP contribution in [0.2, 0.25) is 0 Å². The van der Waals surface area contributed by atoms with E-state index in [4.69, 9.17) is 14.2 Å². The number of carbonyl (C=O) groups excluding carboxylic acids is 2. The molecule has 2 aromatic rings. The van der Waals surface area contributed by atoms with Gasteiger partial charge in [0.2, 0.25) is 0 Å². The van der Waals surface area contributed by atoms with E-state index in [0.717, 1.165) is 17.9 Å². The van der Waals surface area contributed by atoms with E-state index in [9.17, 15) is 18.4 Å². The molecule has 0 unspecified atom stereocenters. The van der Waals surface area contributed by atoms with Crippen molar-refractivity contribution in [2.75, 3.05) is 26.4 Å². The Morgan fingerprint density at radius 1 is 0.963 bits per heavy atom. The van der Waals surface area contributed by atoms with Crippen LogP contribution in [0.4, 0.5) is 8.78 Å². The van der Waals surface area contributed by atoms with Gasteiger partial charge < -0.3 is 19.5 Å². The second-order valence-corrected chi connectivity index (χ2v) is 5.31. The molecule has 0 radical (unpaired) electrons. The molecule has 1 N–H and O–H groups in total. The van der Waals surface area contributed by atoms with Crippen LogP contribution < -0.4 is 14.8 Å². The fraction of sp³-hybridized carbons (Fsp3) is 0.263. The Labute approximate surface area is 155 Å². The van der Waals surface area contributed by atoms with Gasteiger partial charge in [-0.2, -0.15) is 0 Å². The van der Waals surface area contributed by atoms with E-state index < -0.39 is 30.1 Å². The Kier molecular flexibility index (Phi) is 7.54. The highest BCUT2D eigenvalue weighted by Gasteiger charge is 2.12. The molecule has 0 aliphatic rings. The van der Waals surface area contributed by atoms with Crippen molar-refractivity contribution in [3.8, 4) is 11.5 Å². The summed E-state index contributed by atoms with van der Waals surface area (Å²) in [5.74, 6) is -2.34.